The molecule has 0 saturated carbocycles. The predicted octanol–water partition coefficient (Wildman–Crippen LogP) is 1.64. The van der Waals surface area contributed by atoms with Crippen LogP contribution in [0.5, 0.6) is 0 Å². The van der Waals surface area contributed by atoms with Crippen molar-refractivity contribution in [2.75, 3.05) is 6.54 Å². The summed E-state index contributed by atoms with van der Waals surface area (Å²) < 4.78 is 2.21. The van der Waals surface area contributed by atoms with Crippen LogP contribution in [0.3, 0.4) is 0 Å². The molecule has 0 bridgehead atoms. The van der Waals surface area contributed by atoms with Crippen molar-refractivity contribution in [1.29, 1.82) is 0 Å². The Bertz CT molecular complexity index is 532. The van der Waals surface area contributed by atoms with Gasteiger partial charge in [0.2, 0.25) is 0 Å². The molecule has 0 saturated heterocycles. The van der Waals surface area contributed by atoms with Crippen molar-refractivity contribution < 1.29 is 0 Å². The second kappa shape index (κ2) is 4.49. The number of hydrogen-bond donors (Lipinski definition) is 1. The molecule has 2 aromatic heterocycles. The van der Waals surface area contributed by atoms with Crippen molar-refractivity contribution >= 4 is 0 Å². The van der Waals surface area contributed by atoms with E-state index in [-0.39, 0.29) is 6.04 Å². The topological polar surface area (TPSA) is 55.6 Å². The van der Waals surface area contributed by atoms with Gasteiger partial charge in [0, 0.05) is 31.0 Å². The van der Waals surface area contributed by atoms with Gasteiger partial charge in [0.1, 0.15) is 0 Å². The first-order valence-corrected chi connectivity index (χ1v) is 6.34. The average Bonchev–Trinajstić information content (AvgIpc) is 2.83. The van der Waals surface area contributed by atoms with E-state index in [2.05, 4.69) is 38.9 Å². The van der Waals surface area contributed by atoms with E-state index in [0.717, 1.165) is 30.3 Å². The fourth-order valence-electron chi connectivity index (χ4n) is 2.43. The molecule has 1 N–H and O–H groups in total. The van der Waals surface area contributed by atoms with Crippen LogP contribution >= 0.6 is 0 Å². The highest BCUT2D eigenvalue weighted by Gasteiger charge is 2.27. The van der Waals surface area contributed by atoms with Gasteiger partial charge in [-0.25, -0.2) is 0 Å². The van der Waals surface area contributed by atoms with Gasteiger partial charge in [-0.1, -0.05) is 13.8 Å². The van der Waals surface area contributed by atoms with Crippen molar-refractivity contribution in [3.8, 4) is 11.4 Å². The smallest absolute Gasteiger partial charge is 0.165 e. The Labute approximate surface area is 106 Å². The van der Waals surface area contributed by atoms with E-state index in [1.165, 1.54) is 0 Å². The van der Waals surface area contributed by atoms with Crippen LogP contribution in [0.4, 0.5) is 0 Å². The third-order valence-electron chi connectivity index (χ3n) is 3.34. The summed E-state index contributed by atoms with van der Waals surface area (Å²) in [6, 6.07) is 4.24. The molecule has 1 aliphatic rings. The summed E-state index contributed by atoms with van der Waals surface area (Å²) >= 11 is 0. The second-order valence-electron chi connectivity index (χ2n) is 4.95. The quantitative estimate of drug-likeness (QED) is 0.871. The van der Waals surface area contributed by atoms with Gasteiger partial charge in [-0.15, -0.1) is 10.2 Å². The maximum Gasteiger partial charge on any atom is 0.165 e. The van der Waals surface area contributed by atoms with Crippen LogP contribution in [0, 0.1) is 5.92 Å². The van der Waals surface area contributed by atoms with E-state index in [4.69, 9.17) is 0 Å². The molecular weight excluding hydrogens is 226 g/mol. The number of nitrogens with zero attached hydrogens (tertiary/aromatic N) is 4. The highest BCUT2D eigenvalue weighted by molar-refractivity contribution is 5.53. The van der Waals surface area contributed by atoms with Gasteiger partial charge in [0.05, 0.1) is 6.04 Å². The van der Waals surface area contributed by atoms with Crippen molar-refractivity contribution in [3.63, 3.8) is 0 Å². The Morgan fingerprint density at radius 3 is 3.00 bits per heavy atom. The molecule has 94 valence electrons. The van der Waals surface area contributed by atoms with E-state index in [1.807, 2.05) is 18.3 Å². The molecule has 0 radical (unpaired) electrons. The van der Waals surface area contributed by atoms with Gasteiger partial charge in [-0.2, -0.15) is 0 Å². The highest BCUT2D eigenvalue weighted by Crippen LogP contribution is 2.27. The van der Waals surface area contributed by atoms with Crippen LogP contribution in [0.2, 0.25) is 0 Å². The van der Waals surface area contributed by atoms with Gasteiger partial charge in [0.25, 0.3) is 0 Å². The second-order valence-corrected chi connectivity index (χ2v) is 4.95. The minimum absolute atomic E-state index is 0.289. The third-order valence-corrected chi connectivity index (χ3v) is 3.34. The van der Waals surface area contributed by atoms with Gasteiger partial charge in [-0.05, 0) is 18.1 Å². The lowest BCUT2D eigenvalue weighted by Gasteiger charge is -2.27. The molecule has 0 fully saturated rings. The van der Waals surface area contributed by atoms with Gasteiger partial charge in [-0.3, -0.25) is 4.98 Å². The van der Waals surface area contributed by atoms with Gasteiger partial charge < -0.3 is 9.88 Å². The lowest BCUT2D eigenvalue weighted by molar-refractivity contribution is 0.339. The number of nitrogens with one attached hydrogen (secondary N) is 1. The highest BCUT2D eigenvalue weighted by atomic mass is 15.3. The zero-order valence-corrected chi connectivity index (χ0v) is 10.7. The Hall–Kier alpha value is -1.75. The first kappa shape index (κ1) is 11.3. The van der Waals surface area contributed by atoms with Gasteiger partial charge >= 0.3 is 0 Å². The molecule has 1 unspecified atom stereocenters. The van der Waals surface area contributed by atoms with Crippen LogP contribution < -0.4 is 5.32 Å². The zero-order chi connectivity index (χ0) is 12.5. The molecule has 18 heavy (non-hydrogen) atoms. The van der Waals surface area contributed by atoms with Crippen LogP contribution in [-0.2, 0) is 6.54 Å². The lowest BCUT2D eigenvalue weighted by Crippen LogP contribution is -2.36. The van der Waals surface area contributed by atoms with Crippen molar-refractivity contribution in [2.45, 2.75) is 26.4 Å². The fraction of sp³-hybridized carbons (Fsp3) is 0.462. The standard InChI is InChI=1S/C13H17N5/c1-9(2)11-13-17-16-12(18(13)7-6-15-11)10-4-3-5-14-8-10/h3-5,8-9,11,15H,6-7H2,1-2H3. The Morgan fingerprint density at radius 2 is 2.28 bits per heavy atom. The van der Waals surface area contributed by atoms with Crippen LogP contribution in [0.15, 0.2) is 24.5 Å². The first-order chi connectivity index (χ1) is 8.77. The monoisotopic (exact) mass is 243 g/mol. The molecule has 0 aliphatic carbocycles. The maximum absolute atomic E-state index is 4.36. The number of hydrogen-bond acceptors (Lipinski definition) is 4. The number of pyridine rings is 1. The van der Waals surface area contributed by atoms with Crippen LogP contribution in [-0.4, -0.2) is 26.3 Å². The maximum atomic E-state index is 4.36. The minimum Gasteiger partial charge on any atom is -0.308 e. The Kier molecular flexibility index (Phi) is 2.83. The van der Waals surface area contributed by atoms with E-state index in [9.17, 15) is 0 Å². The molecule has 2 aromatic rings. The van der Waals surface area contributed by atoms with Crippen molar-refractivity contribution in [2.24, 2.45) is 5.92 Å². The summed E-state index contributed by atoms with van der Waals surface area (Å²) in [6.07, 6.45) is 3.61. The molecule has 3 rings (SSSR count). The fourth-order valence-corrected chi connectivity index (χ4v) is 2.43. The predicted molar refractivity (Wildman–Crippen MR) is 68.8 cm³/mol. The zero-order valence-electron chi connectivity index (χ0n) is 10.7. The number of fused-ring (bicyclic) bond motifs is 1. The number of aromatic nitrogens is 4. The summed E-state index contributed by atoms with van der Waals surface area (Å²) in [7, 11) is 0. The molecule has 1 aliphatic heterocycles. The molecule has 0 aromatic carbocycles. The minimum atomic E-state index is 0.289. The normalized spacial score (nSPS) is 18.9. The Balaban J connectivity index is 2.05. The summed E-state index contributed by atoms with van der Waals surface area (Å²) in [5.41, 5.74) is 1.03. The molecule has 0 spiro atoms. The first-order valence-electron chi connectivity index (χ1n) is 6.34. The third kappa shape index (κ3) is 1.80. The molecule has 3 heterocycles. The van der Waals surface area contributed by atoms with Crippen molar-refractivity contribution in [3.05, 3.63) is 30.4 Å². The van der Waals surface area contributed by atoms with Gasteiger partial charge in [0.15, 0.2) is 11.6 Å². The van der Waals surface area contributed by atoms with E-state index in [0.29, 0.717) is 5.92 Å². The molecule has 5 heteroatoms. The number of rotatable bonds is 2. The lowest BCUT2D eigenvalue weighted by atomic mass is 10.0. The average molecular weight is 243 g/mol. The van der Waals surface area contributed by atoms with E-state index >= 15 is 0 Å². The van der Waals surface area contributed by atoms with E-state index in [1.54, 1.807) is 6.20 Å². The molecular formula is C13H17N5. The Morgan fingerprint density at radius 1 is 1.39 bits per heavy atom. The summed E-state index contributed by atoms with van der Waals surface area (Å²) in [6.45, 7) is 6.27. The van der Waals surface area contributed by atoms with Crippen molar-refractivity contribution in [1.82, 2.24) is 25.1 Å². The summed E-state index contributed by atoms with van der Waals surface area (Å²) in [5.74, 6) is 2.47. The molecule has 5 nitrogen and oxygen atoms in total. The molecule has 0 amide bonds. The summed E-state index contributed by atoms with van der Waals surface area (Å²) in [5, 5.41) is 12.2. The molecule has 1 atom stereocenters. The van der Waals surface area contributed by atoms with E-state index < -0.39 is 0 Å². The van der Waals surface area contributed by atoms with Crippen LogP contribution in [0.25, 0.3) is 11.4 Å². The SMILES string of the molecule is CC(C)C1NCCn2c(-c3cccnc3)nnc21. The van der Waals surface area contributed by atoms with Crippen LogP contribution in [0.1, 0.15) is 25.7 Å². The summed E-state index contributed by atoms with van der Waals surface area (Å²) in [4.78, 5) is 4.15. The largest absolute Gasteiger partial charge is 0.308 e.